The van der Waals surface area contributed by atoms with Crippen LogP contribution in [-0.4, -0.2) is 48.8 Å². The van der Waals surface area contributed by atoms with Crippen LogP contribution in [0.2, 0.25) is 0 Å². The molecule has 2 N–H and O–H groups in total. The lowest BCUT2D eigenvalue weighted by Crippen LogP contribution is -2.46. The van der Waals surface area contributed by atoms with Gasteiger partial charge in [0.05, 0.1) is 6.10 Å². The molecule has 1 aliphatic rings. The zero-order valence-corrected chi connectivity index (χ0v) is 8.08. The number of hydrogen-bond donors (Lipinski definition) is 2. The Balaban J connectivity index is 2.24. The third kappa shape index (κ3) is 3.09. The van der Waals surface area contributed by atoms with Gasteiger partial charge in [0.15, 0.2) is 0 Å². The van der Waals surface area contributed by atoms with E-state index in [0.717, 1.165) is 19.6 Å². The minimum Gasteiger partial charge on any atom is -0.392 e. The predicted molar refractivity (Wildman–Crippen MR) is 50.2 cm³/mol. The second-order valence-electron chi connectivity index (χ2n) is 3.79. The highest BCUT2D eigenvalue weighted by molar-refractivity contribution is 4.76. The van der Waals surface area contributed by atoms with Crippen LogP contribution in [0.15, 0.2) is 0 Å². The number of aliphatic hydroxyl groups is 1. The summed E-state index contributed by atoms with van der Waals surface area (Å²) in [6, 6.07) is 0.619. The van der Waals surface area contributed by atoms with Gasteiger partial charge in [-0.3, -0.25) is 4.90 Å². The number of aliphatic hydroxyl groups excluding tert-OH is 1. The van der Waals surface area contributed by atoms with Gasteiger partial charge in [-0.1, -0.05) is 0 Å². The molecule has 0 radical (unpaired) electrons. The first kappa shape index (κ1) is 9.96. The molecule has 0 aromatic carbocycles. The lowest BCUT2D eigenvalue weighted by Gasteiger charge is -2.32. The number of nitrogens with one attached hydrogen (secondary N) is 1. The Morgan fingerprint density at radius 1 is 1.67 bits per heavy atom. The first-order chi connectivity index (χ1) is 5.70. The van der Waals surface area contributed by atoms with E-state index in [1.165, 1.54) is 12.8 Å². The average Bonchev–Trinajstić information content (AvgIpc) is 2.05. The van der Waals surface area contributed by atoms with E-state index in [9.17, 15) is 5.11 Å². The van der Waals surface area contributed by atoms with Gasteiger partial charge in [-0.2, -0.15) is 0 Å². The zero-order chi connectivity index (χ0) is 8.97. The van der Waals surface area contributed by atoms with Crippen molar-refractivity contribution in [3.8, 4) is 0 Å². The molecule has 3 heteroatoms. The van der Waals surface area contributed by atoms with E-state index < -0.39 is 0 Å². The fraction of sp³-hybridized carbons (Fsp3) is 1.00. The van der Waals surface area contributed by atoms with Gasteiger partial charge in [-0.25, -0.2) is 0 Å². The fourth-order valence-electron chi connectivity index (χ4n) is 1.78. The number of hydrogen-bond acceptors (Lipinski definition) is 3. The monoisotopic (exact) mass is 172 g/mol. The van der Waals surface area contributed by atoms with E-state index in [2.05, 4.69) is 17.3 Å². The molecule has 0 aromatic rings. The van der Waals surface area contributed by atoms with Crippen LogP contribution in [0.4, 0.5) is 0 Å². The van der Waals surface area contributed by atoms with Crippen LogP contribution in [0.3, 0.4) is 0 Å². The maximum atomic E-state index is 9.19. The van der Waals surface area contributed by atoms with Crippen LogP contribution in [0.25, 0.3) is 0 Å². The summed E-state index contributed by atoms with van der Waals surface area (Å²) in [5, 5.41) is 12.6. The summed E-state index contributed by atoms with van der Waals surface area (Å²) >= 11 is 0. The van der Waals surface area contributed by atoms with Crippen LogP contribution >= 0.6 is 0 Å². The maximum Gasteiger partial charge on any atom is 0.0639 e. The highest BCUT2D eigenvalue weighted by Gasteiger charge is 2.17. The first-order valence-electron chi connectivity index (χ1n) is 4.79. The summed E-state index contributed by atoms with van der Waals surface area (Å²) in [5.74, 6) is 0. The molecule has 0 saturated carbocycles. The third-order valence-corrected chi connectivity index (χ3v) is 2.45. The summed E-state index contributed by atoms with van der Waals surface area (Å²) in [5.41, 5.74) is 0. The summed E-state index contributed by atoms with van der Waals surface area (Å²) in [6.45, 7) is 4.85. The molecular weight excluding hydrogens is 152 g/mol. The minimum absolute atomic E-state index is 0.211. The Labute approximate surface area is 74.8 Å². The summed E-state index contributed by atoms with van der Waals surface area (Å²) in [6.07, 6.45) is 2.31. The van der Waals surface area contributed by atoms with Gasteiger partial charge in [0, 0.05) is 19.1 Å². The van der Waals surface area contributed by atoms with E-state index >= 15 is 0 Å². The molecule has 1 unspecified atom stereocenters. The lowest BCUT2D eigenvalue weighted by molar-refractivity contribution is 0.107. The van der Waals surface area contributed by atoms with Crippen molar-refractivity contribution >= 4 is 0 Å². The molecule has 72 valence electrons. The van der Waals surface area contributed by atoms with Crippen molar-refractivity contribution in [2.75, 3.05) is 26.7 Å². The van der Waals surface area contributed by atoms with Crippen LogP contribution in [0, 0.1) is 0 Å². The quantitative estimate of drug-likeness (QED) is 0.631. The summed E-state index contributed by atoms with van der Waals surface area (Å²) < 4.78 is 0. The van der Waals surface area contributed by atoms with Crippen LogP contribution in [0.5, 0.6) is 0 Å². The number of likely N-dealkylation sites (N-methyl/N-ethyl adjacent to an activating group) is 1. The number of rotatable bonds is 3. The van der Waals surface area contributed by atoms with Crippen LogP contribution < -0.4 is 5.32 Å². The highest BCUT2D eigenvalue weighted by Crippen LogP contribution is 2.08. The second-order valence-corrected chi connectivity index (χ2v) is 3.79. The average molecular weight is 172 g/mol. The SMILES string of the molecule is C[C@H](O)CN(C)C1CCCNC1. The van der Waals surface area contributed by atoms with Crippen LogP contribution in [-0.2, 0) is 0 Å². The molecule has 0 aliphatic carbocycles. The van der Waals surface area contributed by atoms with Crippen molar-refractivity contribution in [2.24, 2.45) is 0 Å². The lowest BCUT2D eigenvalue weighted by atomic mass is 10.1. The number of piperidine rings is 1. The van der Waals surface area contributed by atoms with Crippen molar-refractivity contribution in [2.45, 2.75) is 31.9 Å². The van der Waals surface area contributed by atoms with Crippen molar-refractivity contribution < 1.29 is 5.11 Å². The molecule has 1 saturated heterocycles. The van der Waals surface area contributed by atoms with Gasteiger partial charge in [0.1, 0.15) is 0 Å². The molecule has 0 aromatic heterocycles. The molecule has 1 aliphatic heterocycles. The Kier molecular flexibility index (Phi) is 3.98. The van der Waals surface area contributed by atoms with Gasteiger partial charge < -0.3 is 10.4 Å². The van der Waals surface area contributed by atoms with E-state index in [-0.39, 0.29) is 6.10 Å². The summed E-state index contributed by atoms with van der Waals surface area (Å²) in [7, 11) is 2.09. The van der Waals surface area contributed by atoms with E-state index in [4.69, 9.17) is 0 Å². The van der Waals surface area contributed by atoms with Crippen molar-refractivity contribution in [3.05, 3.63) is 0 Å². The standard InChI is InChI=1S/C9H20N2O/c1-8(12)7-11(2)9-4-3-5-10-6-9/h8-10,12H,3-7H2,1-2H3/t8-,9?/m0/s1. The Morgan fingerprint density at radius 3 is 2.92 bits per heavy atom. The Hall–Kier alpha value is -0.120. The maximum absolute atomic E-state index is 9.19. The summed E-state index contributed by atoms with van der Waals surface area (Å²) in [4.78, 5) is 2.25. The Morgan fingerprint density at radius 2 is 2.42 bits per heavy atom. The van der Waals surface area contributed by atoms with E-state index in [1.54, 1.807) is 0 Å². The van der Waals surface area contributed by atoms with Gasteiger partial charge in [-0.05, 0) is 33.4 Å². The molecule has 0 amide bonds. The zero-order valence-electron chi connectivity index (χ0n) is 8.08. The van der Waals surface area contributed by atoms with Crippen molar-refractivity contribution in [1.29, 1.82) is 0 Å². The van der Waals surface area contributed by atoms with Gasteiger partial charge in [0.2, 0.25) is 0 Å². The topological polar surface area (TPSA) is 35.5 Å². The first-order valence-corrected chi connectivity index (χ1v) is 4.79. The highest BCUT2D eigenvalue weighted by atomic mass is 16.3. The largest absolute Gasteiger partial charge is 0.392 e. The molecule has 0 spiro atoms. The molecular formula is C9H20N2O. The van der Waals surface area contributed by atoms with Gasteiger partial charge >= 0.3 is 0 Å². The third-order valence-electron chi connectivity index (χ3n) is 2.45. The fourth-order valence-corrected chi connectivity index (χ4v) is 1.78. The molecule has 12 heavy (non-hydrogen) atoms. The molecule has 3 nitrogen and oxygen atoms in total. The van der Waals surface area contributed by atoms with Crippen molar-refractivity contribution in [3.63, 3.8) is 0 Å². The van der Waals surface area contributed by atoms with E-state index in [0.29, 0.717) is 6.04 Å². The molecule has 0 bridgehead atoms. The second kappa shape index (κ2) is 4.80. The van der Waals surface area contributed by atoms with Crippen molar-refractivity contribution in [1.82, 2.24) is 10.2 Å². The predicted octanol–water partition coefficient (Wildman–Crippen LogP) is 0.0510. The molecule has 2 atom stereocenters. The van der Waals surface area contributed by atoms with Crippen LogP contribution in [0.1, 0.15) is 19.8 Å². The molecule has 1 fully saturated rings. The molecule has 1 heterocycles. The minimum atomic E-state index is -0.211. The number of nitrogens with zero attached hydrogens (tertiary/aromatic N) is 1. The smallest absolute Gasteiger partial charge is 0.0639 e. The van der Waals surface area contributed by atoms with Gasteiger partial charge in [-0.15, -0.1) is 0 Å². The Bertz CT molecular complexity index is 122. The van der Waals surface area contributed by atoms with E-state index in [1.807, 2.05) is 6.92 Å². The molecule has 1 rings (SSSR count). The normalized spacial score (nSPS) is 27.5. The van der Waals surface area contributed by atoms with Gasteiger partial charge in [0.25, 0.3) is 0 Å².